The number of carbonyl (C=O) groups excluding carboxylic acids is 1. The Kier molecular flexibility index (Phi) is 4.35. The molecule has 5 heteroatoms. The van der Waals surface area contributed by atoms with Crippen LogP contribution in [0.1, 0.15) is 15.9 Å². The van der Waals surface area contributed by atoms with E-state index in [4.69, 9.17) is 16.3 Å². The molecule has 104 valence electrons. The van der Waals surface area contributed by atoms with Crippen molar-refractivity contribution in [3.63, 3.8) is 0 Å². The van der Waals surface area contributed by atoms with Gasteiger partial charge in [0.2, 0.25) is 5.78 Å². The van der Waals surface area contributed by atoms with E-state index in [1.165, 1.54) is 0 Å². The van der Waals surface area contributed by atoms with Gasteiger partial charge in [0.1, 0.15) is 17.4 Å². The number of ketones is 1. The minimum absolute atomic E-state index is 0.329. The van der Waals surface area contributed by atoms with Crippen molar-refractivity contribution in [2.24, 2.45) is 0 Å². The number of hydrogen-bond acceptors (Lipinski definition) is 2. The topological polar surface area (TPSA) is 26.3 Å². The SMILES string of the molecule is Cc1ccc(Cl)cc1OCC(=O)c1cc(F)ccc1F. The van der Waals surface area contributed by atoms with Crippen LogP contribution in [-0.2, 0) is 0 Å². The first kappa shape index (κ1) is 14.5. The molecule has 2 aromatic carbocycles. The molecule has 0 aliphatic carbocycles. The molecule has 2 aromatic rings. The van der Waals surface area contributed by atoms with E-state index in [9.17, 15) is 13.6 Å². The number of carbonyl (C=O) groups is 1. The fourth-order valence-corrected chi connectivity index (χ4v) is 1.82. The minimum atomic E-state index is -0.775. The molecule has 0 spiro atoms. The summed E-state index contributed by atoms with van der Waals surface area (Å²) < 4.78 is 31.7. The van der Waals surface area contributed by atoms with E-state index in [0.717, 1.165) is 23.8 Å². The lowest BCUT2D eigenvalue weighted by atomic mass is 10.1. The van der Waals surface area contributed by atoms with Crippen LogP contribution < -0.4 is 4.74 Å². The Bertz CT molecular complexity index is 656. The third-order valence-corrected chi connectivity index (χ3v) is 2.97. The van der Waals surface area contributed by atoms with Crippen LogP contribution in [0, 0.1) is 18.6 Å². The van der Waals surface area contributed by atoms with Gasteiger partial charge in [-0.05, 0) is 42.8 Å². The molecule has 0 bridgehead atoms. The van der Waals surface area contributed by atoms with Crippen molar-refractivity contribution in [3.05, 3.63) is 64.2 Å². The molecule has 2 nitrogen and oxygen atoms in total. The van der Waals surface area contributed by atoms with Gasteiger partial charge in [0.15, 0.2) is 6.61 Å². The number of rotatable bonds is 4. The Morgan fingerprint density at radius 1 is 1.20 bits per heavy atom. The van der Waals surface area contributed by atoms with Crippen molar-refractivity contribution in [1.29, 1.82) is 0 Å². The van der Waals surface area contributed by atoms with Crippen LogP contribution in [0.3, 0.4) is 0 Å². The summed E-state index contributed by atoms with van der Waals surface area (Å²) in [6.45, 7) is 1.40. The van der Waals surface area contributed by atoms with E-state index >= 15 is 0 Å². The Labute approximate surface area is 119 Å². The summed E-state index contributed by atoms with van der Waals surface area (Å²) in [4.78, 5) is 11.8. The molecular formula is C15H11ClF2O2. The van der Waals surface area contributed by atoms with Gasteiger partial charge in [0, 0.05) is 5.02 Å². The number of halogens is 3. The van der Waals surface area contributed by atoms with Gasteiger partial charge in [-0.3, -0.25) is 4.79 Å². The van der Waals surface area contributed by atoms with E-state index in [-0.39, 0.29) is 12.2 Å². The molecule has 0 amide bonds. The zero-order valence-corrected chi connectivity index (χ0v) is 11.4. The lowest BCUT2D eigenvalue weighted by molar-refractivity contribution is 0.0916. The number of aryl methyl sites for hydroxylation is 1. The van der Waals surface area contributed by atoms with Crippen molar-refractivity contribution in [1.82, 2.24) is 0 Å². The van der Waals surface area contributed by atoms with Crippen LogP contribution in [0.2, 0.25) is 5.02 Å². The van der Waals surface area contributed by atoms with E-state index in [1.807, 2.05) is 0 Å². The van der Waals surface area contributed by atoms with E-state index in [2.05, 4.69) is 0 Å². The molecular weight excluding hydrogens is 286 g/mol. The standard InChI is InChI=1S/C15H11ClF2O2/c1-9-2-3-10(16)6-15(9)20-8-14(19)12-7-11(17)4-5-13(12)18/h2-7H,8H2,1H3. The molecule has 0 aliphatic heterocycles. The van der Waals surface area contributed by atoms with Crippen molar-refractivity contribution in [2.75, 3.05) is 6.61 Å². The van der Waals surface area contributed by atoms with Gasteiger partial charge < -0.3 is 4.74 Å². The number of hydrogen-bond donors (Lipinski definition) is 0. The summed E-state index contributed by atoms with van der Waals surface area (Å²) >= 11 is 5.82. The molecule has 0 atom stereocenters. The summed E-state index contributed by atoms with van der Waals surface area (Å²) in [6, 6.07) is 7.71. The molecule has 0 saturated carbocycles. The molecule has 0 aliphatic rings. The monoisotopic (exact) mass is 296 g/mol. The number of benzene rings is 2. The summed E-state index contributed by atoms with van der Waals surface area (Å²) in [5.41, 5.74) is 0.464. The van der Waals surface area contributed by atoms with Crippen LogP contribution in [0.4, 0.5) is 8.78 Å². The maximum absolute atomic E-state index is 13.4. The average Bonchev–Trinajstić information content (AvgIpc) is 2.42. The van der Waals surface area contributed by atoms with Gasteiger partial charge in [-0.25, -0.2) is 8.78 Å². The first-order valence-electron chi connectivity index (χ1n) is 5.84. The third kappa shape index (κ3) is 3.33. The minimum Gasteiger partial charge on any atom is -0.485 e. The fraction of sp³-hybridized carbons (Fsp3) is 0.133. The van der Waals surface area contributed by atoms with Gasteiger partial charge in [-0.2, -0.15) is 0 Å². The highest BCUT2D eigenvalue weighted by Crippen LogP contribution is 2.22. The van der Waals surface area contributed by atoms with E-state index < -0.39 is 17.4 Å². The molecule has 0 radical (unpaired) electrons. The van der Waals surface area contributed by atoms with Gasteiger partial charge in [-0.15, -0.1) is 0 Å². The lowest BCUT2D eigenvalue weighted by Gasteiger charge is -2.09. The smallest absolute Gasteiger partial charge is 0.203 e. The van der Waals surface area contributed by atoms with Crippen molar-refractivity contribution in [3.8, 4) is 5.75 Å². The summed E-state index contributed by atoms with van der Waals surface area (Å²) in [5, 5.41) is 0.468. The maximum Gasteiger partial charge on any atom is 0.203 e. The van der Waals surface area contributed by atoms with Crippen LogP contribution >= 0.6 is 11.6 Å². The van der Waals surface area contributed by atoms with Crippen molar-refractivity contribution in [2.45, 2.75) is 6.92 Å². The van der Waals surface area contributed by atoms with E-state index in [1.54, 1.807) is 25.1 Å². The van der Waals surface area contributed by atoms with Gasteiger partial charge >= 0.3 is 0 Å². The highest BCUT2D eigenvalue weighted by Gasteiger charge is 2.14. The Balaban J connectivity index is 2.12. The van der Waals surface area contributed by atoms with Crippen LogP contribution in [0.5, 0.6) is 5.75 Å². The molecule has 0 saturated heterocycles. The highest BCUT2D eigenvalue weighted by molar-refractivity contribution is 6.30. The number of ether oxygens (including phenoxy) is 1. The summed E-state index contributed by atoms with van der Waals surface area (Å²) in [7, 11) is 0. The second kappa shape index (κ2) is 6.01. The highest BCUT2D eigenvalue weighted by atomic mass is 35.5. The molecule has 0 aromatic heterocycles. The Hall–Kier alpha value is -1.94. The normalized spacial score (nSPS) is 10.4. The average molecular weight is 297 g/mol. The van der Waals surface area contributed by atoms with Gasteiger partial charge in [0.25, 0.3) is 0 Å². The van der Waals surface area contributed by atoms with Crippen molar-refractivity contribution < 1.29 is 18.3 Å². The predicted octanol–water partition coefficient (Wildman–Crippen LogP) is 4.19. The summed E-state index contributed by atoms with van der Waals surface area (Å²) in [5.74, 6) is -1.65. The van der Waals surface area contributed by atoms with Crippen molar-refractivity contribution >= 4 is 17.4 Å². The first-order chi connectivity index (χ1) is 9.47. The zero-order valence-electron chi connectivity index (χ0n) is 10.6. The predicted molar refractivity (Wildman–Crippen MR) is 72.4 cm³/mol. The Morgan fingerprint density at radius 3 is 2.70 bits per heavy atom. The lowest BCUT2D eigenvalue weighted by Crippen LogP contribution is -2.14. The molecule has 0 N–H and O–H groups in total. The first-order valence-corrected chi connectivity index (χ1v) is 6.22. The second-order valence-corrected chi connectivity index (χ2v) is 4.68. The van der Waals surface area contributed by atoms with Crippen LogP contribution in [-0.4, -0.2) is 12.4 Å². The molecule has 20 heavy (non-hydrogen) atoms. The largest absolute Gasteiger partial charge is 0.485 e. The molecule has 0 unspecified atom stereocenters. The number of Topliss-reactive ketones (excluding diaryl/α,β-unsaturated/α-hetero) is 1. The fourth-order valence-electron chi connectivity index (χ4n) is 1.66. The third-order valence-electron chi connectivity index (χ3n) is 2.74. The molecule has 0 fully saturated rings. The molecule has 0 heterocycles. The summed E-state index contributed by atoms with van der Waals surface area (Å²) in [6.07, 6.45) is 0. The zero-order chi connectivity index (χ0) is 14.7. The second-order valence-electron chi connectivity index (χ2n) is 4.25. The molecule has 2 rings (SSSR count). The maximum atomic E-state index is 13.4. The van der Waals surface area contributed by atoms with Crippen LogP contribution in [0.25, 0.3) is 0 Å². The van der Waals surface area contributed by atoms with Crippen LogP contribution in [0.15, 0.2) is 36.4 Å². The van der Waals surface area contributed by atoms with E-state index in [0.29, 0.717) is 10.8 Å². The quantitative estimate of drug-likeness (QED) is 0.791. The Morgan fingerprint density at radius 2 is 1.95 bits per heavy atom. The van der Waals surface area contributed by atoms with Gasteiger partial charge in [0.05, 0.1) is 5.56 Å². The van der Waals surface area contributed by atoms with Gasteiger partial charge in [-0.1, -0.05) is 17.7 Å².